The average Bonchev–Trinajstić information content (AvgIpc) is 2.26. The van der Waals surface area contributed by atoms with Crippen molar-refractivity contribution >= 4 is 23.3 Å². The summed E-state index contributed by atoms with van der Waals surface area (Å²) in [6.07, 6.45) is -4.68. The van der Waals surface area contributed by atoms with Crippen LogP contribution in [0.15, 0.2) is 6.07 Å². The van der Waals surface area contributed by atoms with Crippen molar-refractivity contribution < 1.29 is 22.7 Å². The van der Waals surface area contributed by atoms with Crippen molar-refractivity contribution in [2.45, 2.75) is 6.18 Å². The number of anilines is 1. The minimum Gasteiger partial charge on any atom is -0.370 e. The van der Waals surface area contributed by atoms with Crippen molar-refractivity contribution in [1.29, 1.82) is 0 Å². The fourth-order valence-corrected chi connectivity index (χ4v) is 1.24. The molecule has 6 nitrogen and oxygen atoms in total. The van der Waals surface area contributed by atoms with Crippen LogP contribution in [0.25, 0.3) is 0 Å². The molecule has 0 unspecified atom stereocenters. The summed E-state index contributed by atoms with van der Waals surface area (Å²) in [6, 6.07) is 1.14. The van der Waals surface area contributed by atoms with E-state index < -0.39 is 17.9 Å². The van der Waals surface area contributed by atoms with E-state index in [9.17, 15) is 18.0 Å². The van der Waals surface area contributed by atoms with Crippen LogP contribution in [0, 0.1) is 0 Å². The van der Waals surface area contributed by atoms with E-state index in [0.29, 0.717) is 0 Å². The highest BCUT2D eigenvalue weighted by molar-refractivity contribution is 6.29. The number of rotatable bonds is 6. The van der Waals surface area contributed by atoms with Crippen LogP contribution in [0.1, 0.15) is 5.82 Å². The van der Waals surface area contributed by atoms with E-state index in [1.165, 1.54) is 0 Å². The quantitative estimate of drug-likeness (QED) is 0.605. The Hall–Kier alpha value is -1.61. The van der Waals surface area contributed by atoms with Crippen molar-refractivity contribution in [3.63, 3.8) is 0 Å². The van der Waals surface area contributed by atoms with Crippen LogP contribution in [0.2, 0.25) is 5.15 Å². The number of nitrogens with one attached hydrogen (secondary N) is 1. The van der Waals surface area contributed by atoms with Crippen LogP contribution in [0.3, 0.4) is 0 Å². The van der Waals surface area contributed by atoms with Gasteiger partial charge in [0.05, 0.1) is 6.61 Å². The van der Waals surface area contributed by atoms with Crippen molar-refractivity contribution in [3.8, 4) is 0 Å². The lowest BCUT2D eigenvalue weighted by atomic mass is 10.5. The molecular formula is C9H10ClF3N4O2. The highest BCUT2D eigenvalue weighted by Gasteiger charge is 2.35. The molecule has 1 aromatic heterocycles. The number of carbonyl (C=O) groups excluding carboxylic acids is 1. The molecule has 0 fully saturated rings. The fourth-order valence-electron chi connectivity index (χ4n) is 1.06. The number of amides is 1. The first kappa shape index (κ1) is 15.4. The Balaban J connectivity index is 2.54. The number of primary amides is 1. The van der Waals surface area contributed by atoms with Crippen molar-refractivity contribution in [2.75, 3.05) is 25.1 Å². The zero-order valence-corrected chi connectivity index (χ0v) is 10.3. The van der Waals surface area contributed by atoms with Crippen molar-refractivity contribution in [3.05, 3.63) is 17.0 Å². The zero-order valence-electron chi connectivity index (χ0n) is 9.50. The Kier molecular flexibility index (Phi) is 5.31. The Morgan fingerprint density at radius 3 is 2.74 bits per heavy atom. The summed E-state index contributed by atoms with van der Waals surface area (Å²) >= 11 is 5.45. The van der Waals surface area contributed by atoms with Crippen LogP contribution >= 0.6 is 11.6 Å². The zero-order chi connectivity index (χ0) is 14.5. The molecule has 1 amide bonds. The predicted octanol–water partition coefficient (Wildman–Crippen LogP) is 1.06. The Labute approximate surface area is 111 Å². The number of carbonyl (C=O) groups is 1. The first-order valence-corrected chi connectivity index (χ1v) is 5.38. The molecule has 0 saturated carbocycles. The normalized spacial score (nSPS) is 11.4. The van der Waals surface area contributed by atoms with E-state index in [1.807, 2.05) is 0 Å². The molecule has 0 aliphatic rings. The van der Waals surface area contributed by atoms with Crippen LogP contribution < -0.4 is 11.1 Å². The largest absolute Gasteiger partial charge is 0.451 e. The summed E-state index contributed by atoms with van der Waals surface area (Å²) in [6.45, 7) is -0.0517. The second-order valence-corrected chi connectivity index (χ2v) is 3.73. The standard InChI is InChI=1S/C9H10ClF3N4O2/c10-5-3-7(15-1-2-19-4-6(14)18)17-8(16-5)9(11,12)13/h3H,1-2,4H2,(H2,14,18)(H,15,16,17). The first-order chi connectivity index (χ1) is 8.79. The van der Waals surface area contributed by atoms with Gasteiger partial charge in [0, 0.05) is 12.6 Å². The van der Waals surface area contributed by atoms with Gasteiger partial charge in [-0.05, 0) is 0 Å². The van der Waals surface area contributed by atoms with Gasteiger partial charge in [-0.15, -0.1) is 0 Å². The molecule has 19 heavy (non-hydrogen) atoms. The summed E-state index contributed by atoms with van der Waals surface area (Å²) in [4.78, 5) is 16.7. The average molecular weight is 299 g/mol. The molecule has 106 valence electrons. The molecule has 3 N–H and O–H groups in total. The number of aromatic nitrogens is 2. The summed E-state index contributed by atoms with van der Waals surface area (Å²) in [5.41, 5.74) is 4.83. The van der Waals surface area contributed by atoms with E-state index in [2.05, 4.69) is 15.3 Å². The topological polar surface area (TPSA) is 90.1 Å². The number of hydrogen-bond acceptors (Lipinski definition) is 5. The van der Waals surface area contributed by atoms with E-state index in [1.54, 1.807) is 0 Å². The SMILES string of the molecule is NC(=O)COCCNc1cc(Cl)nc(C(F)(F)F)n1. The van der Waals surface area contributed by atoms with Gasteiger partial charge in [-0.3, -0.25) is 4.79 Å². The molecule has 0 bridgehead atoms. The molecule has 0 radical (unpaired) electrons. The van der Waals surface area contributed by atoms with Gasteiger partial charge < -0.3 is 15.8 Å². The van der Waals surface area contributed by atoms with Gasteiger partial charge in [0.2, 0.25) is 11.7 Å². The Bertz CT molecular complexity index is 456. The molecule has 0 aromatic carbocycles. The molecule has 1 aromatic rings. The monoisotopic (exact) mass is 298 g/mol. The van der Waals surface area contributed by atoms with Crippen LogP contribution in [0.5, 0.6) is 0 Å². The number of alkyl halides is 3. The minimum absolute atomic E-state index is 0.0753. The summed E-state index contributed by atoms with van der Waals surface area (Å²) in [5.74, 6) is -2.06. The van der Waals surface area contributed by atoms with Crippen molar-refractivity contribution in [2.24, 2.45) is 5.73 Å². The maximum absolute atomic E-state index is 12.4. The third-order valence-corrected chi connectivity index (χ3v) is 1.94. The van der Waals surface area contributed by atoms with Crippen LogP contribution in [-0.4, -0.2) is 35.6 Å². The highest BCUT2D eigenvalue weighted by atomic mass is 35.5. The molecule has 0 aliphatic heterocycles. The second-order valence-electron chi connectivity index (χ2n) is 3.34. The predicted molar refractivity (Wildman–Crippen MR) is 60.5 cm³/mol. The molecular weight excluding hydrogens is 289 g/mol. The van der Waals surface area contributed by atoms with E-state index in [0.717, 1.165) is 6.07 Å². The number of nitrogens with two attached hydrogens (primary N) is 1. The van der Waals surface area contributed by atoms with Gasteiger partial charge >= 0.3 is 6.18 Å². The van der Waals surface area contributed by atoms with Crippen molar-refractivity contribution in [1.82, 2.24) is 9.97 Å². The molecule has 1 rings (SSSR count). The van der Waals surface area contributed by atoms with Gasteiger partial charge in [0.25, 0.3) is 0 Å². The lowest BCUT2D eigenvalue weighted by molar-refractivity contribution is -0.144. The van der Waals surface area contributed by atoms with Crippen LogP contribution in [0.4, 0.5) is 19.0 Å². The number of ether oxygens (including phenoxy) is 1. The smallest absolute Gasteiger partial charge is 0.370 e. The fraction of sp³-hybridized carbons (Fsp3) is 0.444. The minimum atomic E-state index is -4.68. The maximum atomic E-state index is 12.4. The third kappa shape index (κ3) is 5.71. The van der Waals surface area contributed by atoms with E-state index >= 15 is 0 Å². The summed E-state index contributed by atoms with van der Waals surface area (Å²) in [7, 11) is 0. The molecule has 0 atom stereocenters. The first-order valence-electron chi connectivity index (χ1n) is 5.00. The number of hydrogen-bond donors (Lipinski definition) is 2. The molecule has 1 heterocycles. The lowest BCUT2D eigenvalue weighted by Gasteiger charge is -2.09. The lowest BCUT2D eigenvalue weighted by Crippen LogP contribution is -2.21. The molecule has 0 saturated heterocycles. The summed E-state index contributed by atoms with van der Waals surface area (Å²) in [5, 5.41) is 2.23. The second kappa shape index (κ2) is 6.53. The number of halogens is 4. The van der Waals surface area contributed by atoms with Gasteiger partial charge in [0.15, 0.2) is 0 Å². The maximum Gasteiger partial charge on any atom is 0.451 e. The number of nitrogens with zero attached hydrogens (tertiary/aromatic N) is 2. The molecule has 10 heteroatoms. The Morgan fingerprint density at radius 2 is 2.16 bits per heavy atom. The van der Waals surface area contributed by atoms with E-state index in [4.69, 9.17) is 22.1 Å². The van der Waals surface area contributed by atoms with Crippen LogP contribution in [-0.2, 0) is 15.7 Å². The summed E-state index contributed by atoms with van der Waals surface area (Å²) < 4.78 is 42.0. The van der Waals surface area contributed by atoms with Gasteiger partial charge in [0.1, 0.15) is 17.6 Å². The highest BCUT2D eigenvalue weighted by Crippen LogP contribution is 2.28. The van der Waals surface area contributed by atoms with Gasteiger partial charge in [-0.2, -0.15) is 13.2 Å². The molecule has 0 spiro atoms. The van der Waals surface area contributed by atoms with Gasteiger partial charge in [-0.1, -0.05) is 11.6 Å². The third-order valence-electron chi connectivity index (χ3n) is 1.75. The molecule has 0 aliphatic carbocycles. The Morgan fingerprint density at radius 1 is 1.47 bits per heavy atom. The van der Waals surface area contributed by atoms with E-state index in [-0.39, 0.29) is 30.7 Å². The van der Waals surface area contributed by atoms with Gasteiger partial charge in [-0.25, -0.2) is 9.97 Å².